The number of carbonyl (C=O) groups excluding carboxylic acids is 2. The van der Waals surface area contributed by atoms with E-state index in [4.69, 9.17) is 18.9 Å². The molecule has 0 unspecified atom stereocenters. The van der Waals surface area contributed by atoms with E-state index in [1.807, 2.05) is 46.4 Å². The summed E-state index contributed by atoms with van der Waals surface area (Å²) < 4.78 is 23.3. The summed E-state index contributed by atoms with van der Waals surface area (Å²) in [6.07, 6.45) is 10.4. The minimum absolute atomic E-state index is 0.192. The second-order valence-corrected chi connectivity index (χ2v) is 15.0. The molecule has 1 atom stereocenters. The second-order valence-electron chi connectivity index (χ2n) is 15.0. The van der Waals surface area contributed by atoms with Gasteiger partial charge in [0.25, 0.3) is 0 Å². The zero-order valence-corrected chi connectivity index (χ0v) is 29.2. The van der Waals surface area contributed by atoms with Crippen LogP contribution in [0.1, 0.15) is 113 Å². The van der Waals surface area contributed by atoms with Gasteiger partial charge in [-0.05, 0) is 119 Å². The van der Waals surface area contributed by atoms with E-state index in [9.17, 15) is 9.59 Å². The number of piperidine rings is 4. The summed E-state index contributed by atoms with van der Waals surface area (Å²) in [5, 5.41) is 3.35. The van der Waals surface area contributed by atoms with Gasteiger partial charge in [0.15, 0.2) is 0 Å². The van der Waals surface area contributed by atoms with E-state index >= 15 is 0 Å². The van der Waals surface area contributed by atoms with Crippen molar-refractivity contribution in [1.29, 1.82) is 0 Å². The van der Waals surface area contributed by atoms with Gasteiger partial charge in [0, 0.05) is 45.3 Å². The van der Waals surface area contributed by atoms with Gasteiger partial charge in [-0.3, -0.25) is 0 Å². The fourth-order valence-corrected chi connectivity index (χ4v) is 6.19. The molecule has 4 saturated heterocycles. The van der Waals surface area contributed by atoms with Gasteiger partial charge in [0.2, 0.25) is 0 Å². The van der Waals surface area contributed by atoms with Gasteiger partial charge in [-0.15, -0.1) is 0 Å². The van der Waals surface area contributed by atoms with Gasteiger partial charge < -0.3 is 39.0 Å². The first kappa shape index (κ1) is 36.8. The first-order chi connectivity index (χ1) is 20.7. The minimum Gasteiger partial charge on any atom is -0.444 e. The number of ether oxygens (including phenoxy) is 4. The van der Waals surface area contributed by atoms with E-state index in [2.05, 4.69) is 24.1 Å². The quantitative estimate of drug-likeness (QED) is 0.395. The summed E-state index contributed by atoms with van der Waals surface area (Å²) in [5.74, 6) is 0. The summed E-state index contributed by atoms with van der Waals surface area (Å²) in [5.41, 5.74) is -0.840. The van der Waals surface area contributed by atoms with Crippen molar-refractivity contribution in [1.82, 2.24) is 20.0 Å². The summed E-state index contributed by atoms with van der Waals surface area (Å²) >= 11 is 0. The van der Waals surface area contributed by atoms with Crippen LogP contribution in [0.2, 0.25) is 0 Å². The van der Waals surface area contributed by atoms with E-state index in [1.54, 1.807) is 4.90 Å². The zero-order valence-electron chi connectivity index (χ0n) is 29.2. The lowest BCUT2D eigenvalue weighted by Gasteiger charge is -2.39. The number of amides is 2. The molecular formula is C34H64N4O6. The van der Waals surface area contributed by atoms with E-state index in [0.29, 0.717) is 30.5 Å². The topological polar surface area (TPSA) is 92.8 Å². The van der Waals surface area contributed by atoms with E-state index in [0.717, 1.165) is 104 Å². The van der Waals surface area contributed by atoms with Gasteiger partial charge >= 0.3 is 12.2 Å². The molecule has 0 saturated carbocycles. The van der Waals surface area contributed by atoms with Crippen molar-refractivity contribution in [3.63, 3.8) is 0 Å². The number of nitrogens with zero attached hydrogens (tertiary/aromatic N) is 3. The van der Waals surface area contributed by atoms with Crippen LogP contribution < -0.4 is 5.32 Å². The molecule has 0 aliphatic carbocycles. The molecule has 4 rings (SSSR count). The van der Waals surface area contributed by atoms with Crippen LogP contribution in [0.3, 0.4) is 0 Å². The number of likely N-dealkylation sites (tertiary alicyclic amines) is 3. The van der Waals surface area contributed by atoms with Gasteiger partial charge in [0.1, 0.15) is 11.2 Å². The average molecular weight is 625 g/mol. The van der Waals surface area contributed by atoms with Crippen LogP contribution in [0.5, 0.6) is 0 Å². The summed E-state index contributed by atoms with van der Waals surface area (Å²) in [4.78, 5) is 30.3. The van der Waals surface area contributed by atoms with Crippen LogP contribution in [-0.4, -0.2) is 121 Å². The molecule has 0 bridgehead atoms. The van der Waals surface area contributed by atoms with Crippen molar-refractivity contribution < 1.29 is 28.5 Å². The summed E-state index contributed by atoms with van der Waals surface area (Å²) in [6.45, 7) is 23.4. The van der Waals surface area contributed by atoms with Crippen molar-refractivity contribution >= 4 is 12.2 Å². The van der Waals surface area contributed by atoms with E-state index < -0.39 is 11.2 Å². The highest BCUT2D eigenvalue weighted by Gasteiger charge is 2.31. The van der Waals surface area contributed by atoms with Crippen molar-refractivity contribution in [2.45, 2.75) is 155 Å². The lowest BCUT2D eigenvalue weighted by atomic mass is 10.0. The number of hydrogen-bond donors (Lipinski definition) is 1. The van der Waals surface area contributed by atoms with Crippen molar-refractivity contribution in [2.24, 2.45) is 0 Å². The normalized spacial score (nSPS) is 23.1. The Labute approximate surface area is 267 Å². The van der Waals surface area contributed by atoms with Crippen molar-refractivity contribution in [2.75, 3.05) is 52.4 Å². The Bertz CT molecular complexity index is 845. The predicted octanol–water partition coefficient (Wildman–Crippen LogP) is 5.82. The van der Waals surface area contributed by atoms with Crippen LogP contribution in [0.25, 0.3) is 0 Å². The molecule has 0 aromatic heterocycles. The summed E-state index contributed by atoms with van der Waals surface area (Å²) in [6, 6.07) is 0.683. The maximum Gasteiger partial charge on any atom is 0.410 e. The first-order valence-corrected chi connectivity index (χ1v) is 17.4. The molecule has 0 aromatic carbocycles. The molecule has 4 aliphatic heterocycles. The molecule has 44 heavy (non-hydrogen) atoms. The SMILES string of the molecule is CC(C)(C)OC(=O)N1CCC(OC2CCNCC2)CC1.CC[C@H](C)N1CCC(OC2CCN(C(=O)OC(C)(C)C)CC2)CC1. The first-order valence-electron chi connectivity index (χ1n) is 17.4. The van der Waals surface area contributed by atoms with Crippen LogP contribution >= 0.6 is 0 Å². The zero-order chi connectivity index (χ0) is 32.3. The Morgan fingerprint density at radius 3 is 1.32 bits per heavy atom. The monoisotopic (exact) mass is 624 g/mol. The highest BCUT2D eigenvalue weighted by molar-refractivity contribution is 5.68. The molecule has 1 N–H and O–H groups in total. The fraction of sp³-hybridized carbons (Fsp3) is 0.941. The molecular weight excluding hydrogens is 560 g/mol. The standard InChI is InChI=1S/C19H36N2O3.C15H28N2O3/c1-6-15(2)20-11-7-16(8-12-20)23-17-9-13-21(14-10-17)18(22)24-19(3,4)5;1-15(2,3)20-14(18)17-10-6-13(7-11-17)19-12-4-8-16-9-5-12/h15-17H,6-14H2,1-5H3;12-13,16H,4-11H2,1-3H3/t15-;/m0./s1. The third-order valence-corrected chi connectivity index (χ3v) is 8.93. The Balaban J connectivity index is 0.000000244. The molecule has 2 amide bonds. The smallest absolute Gasteiger partial charge is 0.410 e. The van der Waals surface area contributed by atoms with Gasteiger partial charge in [-0.1, -0.05) is 6.92 Å². The van der Waals surface area contributed by atoms with Crippen LogP contribution in [0.15, 0.2) is 0 Å². The molecule has 256 valence electrons. The molecule has 0 spiro atoms. The molecule has 0 radical (unpaired) electrons. The lowest BCUT2D eigenvalue weighted by molar-refractivity contribution is -0.0692. The van der Waals surface area contributed by atoms with Crippen LogP contribution in [0.4, 0.5) is 9.59 Å². The predicted molar refractivity (Wildman–Crippen MR) is 174 cm³/mol. The molecule has 0 aromatic rings. The Hall–Kier alpha value is -1.62. The molecule has 4 heterocycles. The molecule has 10 nitrogen and oxygen atoms in total. The highest BCUT2D eigenvalue weighted by atomic mass is 16.6. The largest absolute Gasteiger partial charge is 0.444 e. The van der Waals surface area contributed by atoms with Gasteiger partial charge in [0.05, 0.1) is 24.4 Å². The lowest BCUT2D eigenvalue weighted by Crippen LogP contribution is -2.46. The third-order valence-electron chi connectivity index (χ3n) is 8.93. The second kappa shape index (κ2) is 17.3. The van der Waals surface area contributed by atoms with Crippen molar-refractivity contribution in [3.8, 4) is 0 Å². The third kappa shape index (κ3) is 13.4. The average Bonchev–Trinajstić information content (AvgIpc) is 2.97. The number of rotatable bonds is 6. The molecule has 4 aliphatic rings. The van der Waals surface area contributed by atoms with Crippen LogP contribution in [0, 0.1) is 0 Å². The Kier molecular flexibility index (Phi) is 14.5. The van der Waals surface area contributed by atoms with E-state index in [1.165, 1.54) is 6.42 Å². The Morgan fingerprint density at radius 2 is 0.977 bits per heavy atom. The van der Waals surface area contributed by atoms with Crippen LogP contribution in [-0.2, 0) is 18.9 Å². The maximum absolute atomic E-state index is 12.1. The number of nitrogens with one attached hydrogen (secondary N) is 1. The van der Waals surface area contributed by atoms with Gasteiger partial charge in [-0.2, -0.15) is 0 Å². The number of hydrogen-bond acceptors (Lipinski definition) is 8. The van der Waals surface area contributed by atoms with Crippen molar-refractivity contribution in [3.05, 3.63) is 0 Å². The Morgan fingerprint density at radius 1 is 0.636 bits per heavy atom. The maximum atomic E-state index is 12.1. The van der Waals surface area contributed by atoms with E-state index in [-0.39, 0.29) is 12.2 Å². The highest BCUT2D eigenvalue weighted by Crippen LogP contribution is 2.24. The number of carbonyl (C=O) groups is 2. The minimum atomic E-state index is -0.423. The molecule has 4 fully saturated rings. The van der Waals surface area contributed by atoms with Gasteiger partial charge in [-0.25, -0.2) is 9.59 Å². The summed E-state index contributed by atoms with van der Waals surface area (Å²) in [7, 11) is 0. The molecule has 10 heteroatoms. The fourth-order valence-electron chi connectivity index (χ4n) is 6.19.